The van der Waals surface area contributed by atoms with E-state index in [9.17, 15) is 9.59 Å². The van der Waals surface area contributed by atoms with Crippen LogP contribution in [0.4, 0.5) is 4.79 Å². The average molecular weight is 477 g/mol. The molecule has 0 saturated carbocycles. The zero-order valence-electron chi connectivity index (χ0n) is 19.6. The number of nitrogens with one attached hydrogen (secondary N) is 2. The van der Waals surface area contributed by atoms with Crippen molar-refractivity contribution in [3.63, 3.8) is 0 Å². The van der Waals surface area contributed by atoms with Gasteiger partial charge in [0.15, 0.2) is 17.2 Å². The number of rotatable bonds is 6. The quantitative estimate of drug-likeness (QED) is 0.651. The van der Waals surface area contributed by atoms with Crippen LogP contribution in [0.2, 0.25) is 5.02 Å². The monoisotopic (exact) mass is 476 g/mol. The fourth-order valence-corrected chi connectivity index (χ4v) is 4.50. The van der Waals surface area contributed by atoms with Crippen molar-refractivity contribution in [2.24, 2.45) is 0 Å². The summed E-state index contributed by atoms with van der Waals surface area (Å²) in [5.41, 5.74) is 2.46. The fourth-order valence-electron chi connectivity index (χ4n) is 4.15. The third-order valence-corrected chi connectivity index (χ3v) is 5.93. The fraction of sp³-hybridized carbons (Fsp3) is 0.417. The number of hydrogen-bond acceptors (Lipinski definition) is 6. The minimum absolute atomic E-state index is 0.0439. The summed E-state index contributed by atoms with van der Waals surface area (Å²) in [6.07, 6.45) is 0.997. The maximum Gasteiger partial charge on any atom is 0.315 e. The minimum atomic E-state index is -0.464. The molecule has 33 heavy (non-hydrogen) atoms. The number of hydrogen-bond donors (Lipinski definition) is 2. The molecule has 0 aliphatic heterocycles. The van der Waals surface area contributed by atoms with Crippen LogP contribution in [-0.4, -0.2) is 40.5 Å². The first-order valence-electron chi connectivity index (χ1n) is 10.6. The Balaban J connectivity index is 2.36. The van der Waals surface area contributed by atoms with E-state index in [0.29, 0.717) is 51.8 Å². The highest BCUT2D eigenvalue weighted by molar-refractivity contribution is 6.34. The van der Waals surface area contributed by atoms with Crippen LogP contribution in [-0.2, 0) is 6.42 Å². The van der Waals surface area contributed by atoms with Gasteiger partial charge in [0.25, 0.3) is 0 Å². The predicted octanol–water partition coefficient (Wildman–Crippen LogP) is 4.10. The molecule has 0 saturated heterocycles. The van der Waals surface area contributed by atoms with E-state index < -0.39 is 6.04 Å². The molecule has 0 unspecified atom stereocenters. The van der Waals surface area contributed by atoms with E-state index in [-0.39, 0.29) is 23.3 Å². The molecule has 0 radical (unpaired) electrons. The van der Waals surface area contributed by atoms with E-state index in [4.69, 9.17) is 30.5 Å². The third kappa shape index (κ3) is 4.66. The summed E-state index contributed by atoms with van der Waals surface area (Å²) in [5.74, 6) is 1.32. The molecule has 9 heteroatoms. The summed E-state index contributed by atoms with van der Waals surface area (Å²) in [6, 6.07) is 4.04. The molecule has 1 aliphatic carbocycles. The maximum atomic E-state index is 12.8. The first-order valence-corrected chi connectivity index (χ1v) is 10.9. The number of amides is 2. The number of methoxy groups -OCH3 is 4. The average Bonchev–Trinajstić information content (AvgIpc) is 3.02. The van der Waals surface area contributed by atoms with Crippen molar-refractivity contribution in [3.05, 3.63) is 44.6 Å². The van der Waals surface area contributed by atoms with E-state index in [1.165, 1.54) is 34.5 Å². The molecular formula is C24H29ClN2O6. The summed E-state index contributed by atoms with van der Waals surface area (Å²) in [4.78, 5) is 25.4. The number of ether oxygens (including phenoxy) is 4. The lowest BCUT2D eigenvalue weighted by Gasteiger charge is -2.21. The molecule has 0 bridgehead atoms. The highest BCUT2D eigenvalue weighted by Gasteiger charge is 2.32. The summed E-state index contributed by atoms with van der Waals surface area (Å²) < 4.78 is 22.1. The Morgan fingerprint density at radius 2 is 1.70 bits per heavy atom. The molecule has 1 atom stereocenters. The SMILES string of the molecule is COc1c(Cl)c2c(c(OC)c1OC)-c1ccc(OC)c(=O)cc1[C@@H](NC(=O)NC(C)C)CC2. The Morgan fingerprint density at radius 1 is 1.03 bits per heavy atom. The molecule has 2 aromatic carbocycles. The number of urea groups is 1. The van der Waals surface area contributed by atoms with Crippen LogP contribution in [0, 0.1) is 0 Å². The lowest BCUT2D eigenvalue weighted by Crippen LogP contribution is -2.41. The van der Waals surface area contributed by atoms with Gasteiger partial charge in [0.05, 0.1) is 39.5 Å². The summed E-state index contributed by atoms with van der Waals surface area (Å²) in [5, 5.41) is 6.22. The number of fused-ring (bicyclic) bond motifs is 3. The van der Waals surface area contributed by atoms with Gasteiger partial charge in [0, 0.05) is 11.6 Å². The van der Waals surface area contributed by atoms with E-state index in [0.717, 1.165) is 5.56 Å². The molecule has 0 aromatic heterocycles. The van der Waals surface area contributed by atoms with Gasteiger partial charge in [-0.05, 0) is 55.5 Å². The molecule has 0 fully saturated rings. The highest BCUT2D eigenvalue weighted by atomic mass is 35.5. The second kappa shape index (κ2) is 10.2. The largest absolute Gasteiger partial charge is 0.493 e. The van der Waals surface area contributed by atoms with Crippen LogP contribution in [0.15, 0.2) is 23.0 Å². The molecule has 8 nitrogen and oxygen atoms in total. The van der Waals surface area contributed by atoms with E-state index in [1.54, 1.807) is 12.1 Å². The summed E-state index contributed by atoms with van der Waals surface area (Å²) in [7, 11) is 5.98. The van der Waals surface area contributed by atoms with Crippen LogP contribution < -0.4 is 35.0 Å². The van der Waals surface area contributed by atoms with Gasteiger partial charge in [-0.1, -0.05) is 17.7 Å². The summed E-state index contributed by atoms with van der Waals surface area (Å²) in [6.45, 7) is 3.75. The van der Waals surface area contributed by atoms with Crippen molar-refractivity contribution < 1.29 is 23.7 Å². The molecule has 2 aromatic rings. The van der Waals surface area contributed by atoms with Crippen molar-refractivity contribution in [2.45, 2.75) is 38.8 Å². The van der Waals surface area contributed by atoms with Crippen LogP contribution in [0.1, 0.15) is 37.4 Å². The molecule has 2 amide bonds. The number of carbonyl (C=O) groups is 1. The Morgan fingerprint density at radius 3 is 2.27 bits per heavy atom. The highest BCUT2D eigenvalue weighted by Crippen LogP contribution is 2.54. The minimum Gasteiger partial charge on any atom is -0.493 e. The van der Waals surface area contributed by atoms with Crippen molar-refractivity contribution in [1.29, 1.82) is 0 Å². The van der Waals surface area contributed by atoms with Gasteiger partial charge in [0.1, 0.15) is 0 Å². The smallest absolute Gasteiger partial charge is 0.315 e. The third-order valence-electron chi connectivity index (χ3n) is 5.53. The Kier molecular flexibility index (Phi) is 7.58. The molecule has 0 spiro atoms. The molecule has 178 valence electrons. The Hall–Kier alpha value is -3.13. The molecule has 0 heterocycles. The number of halogens is 1. The zero-order valence-corrected chi connectivity index (χ0v) is 20.4. The van der Waals surface area contributed by atoms with Crippen LogP contribution in [0.3, 0.4) is 0 Å². The van der Waals surface area contributed by atoms with Crippen molar-refractivity contribution in [1.82, 2.24) is 10.6 Å². The van der Waals surface area contributed by atoms with Crippen molar-refractivity contribution in [3.8, 4) is 34.1 Å². The van der Waals surface area contributed by atoms with Crippen LogP contribution in [0.5, 0.6) is 23.0 Å². The van der Waals surface area contributed by atoms with Gasteiger partial charge in [-0.2, -0.15) is 0 Å². The summed E-state index contributed by atoms with van der Waals surface area (Å²) >= 11 is 6.78. The molecule has 2 N–H and O–H groups in total. The molecule has 1 aliphatic rings. The second-order valence-corrected chi connectivity index (χ2v) is 8.29. The first kappa shape index (κ1) is 24.5. The predicted molar refractivity (Wildman–Crippen MR) is 127 cm³/mol. The number of carbonyl (C=O) groups excluding carboxylic acids is 1. The lowest BCUT2D eigenvalue weighted by atomic mass is 9.95. The second-order valence-electron chi connectivity index (χ2n) is 7.91. The van der Waals surface area contributed by atoms with Gasteiger partial charge in [-0.3, -0.25) is 4.79 Å². The van der Waals surface area contributed by atoms with Gasteiger partial charge in [0.2, 0.25) is 11.2 Å². The van der Waals surface area contributed by atoms with E-state index >= 15 is 0 Å². The number of benzene rings is 1. The molecule has 3 rings (SSSR count). The van der Waals surface area contributed by atoms with Crippen LogP contribution in [0.25, 0.3) is 11.1 Å². The van der Waals surface area contributed by atoms with Crippen molar-refractivity contribution >= 4 is 17.6 Å². The maximum absolute atomic E-state index is 12.8. The first-order chi connectivity index (χ1) is 15.8. The Bertz CT molecular complexity index is 1120. The van der Waals surface area contributed by atoms with E-state index in [1.807, 2.05) is 13.8 Å². The van der Waals surface area contributed by atoms with E-state index in [2.05, 4.69) is 10.6 Å². The van der Waals surface area contributed by atoms with Crippen LogP contribution >= 0.6 is 11.6 Å². The lowest BCUT2D eigenvalue weighted by molar-refractivity contribution is 0.234. The zero-order chi connectivity index (χ0) is 24.3. The Labute approximate surface area is 198 Å². The molecular weight excluding hydrogens is 448 g/mol. The normalized spacial score (nSPS) is 14.5. The standard InChI is InChI=1S/C24H29ClN2O6/c1-12(2)26-24(29)27-16-9-7-14-19(13-8-10-18(30-3)17(28)11-15(13)16)21(31-4)23(33-6)22(32-5)20(14)25/h8,10-12,16H,7,9H2,1-6H3,(H2,26,27,29)/t16-/m0/s1. The van der Waals surface area contributed by atoms with Crippen molar-refractivity contribution in [2.75, 3.05) is 28.4 Å². The topological polar surface area (TPSA) is 95.1 Å². The van der Waals surface area contributed by atoms with Gasteiger partial charge in [-0.25, -0.2) is 4.79 Å². The van der Waals surface area contributed by atoms with Gasteiger partial charge >= 0.3 is 6.03 Å². The van der Waals surface area contributed by atoms with Gasteiger partial charge < -0.3 is 29.6 Å². The van der Waals surface area contributed by atoms with Gasteiger partial charge in [-0.15, -0.1) is 0 Å².